The number of ketones is 1. The molecule has 11 heteroatoms. The molecule has 0 aliphatic carbocycles. The Morgan fingerprint density at radius 3 is 2.50 bits per heavy atom. The molecular formula is C33H40F3N5O3. The molecule has 4 heterocycles. The number of fused-ring (bicyclic) bond motifs is 1. The summed E-state index contributed by atoms with van der Waals surface area (Å²) in [5.74, 6) is -2.57. The zero-order valence-corrected chi connectivity index (χ0v) is 25.9. The number of hydrogen-bond acceptors (Lipinski definition) is 7. The number of halogens is 3. The molecule has 2 N–H and O–H groups in total. The molecule has 44 heavy (non-hydrogen) atoms. The van der Waals surface area contributed by atoms with Crippen LogP contribution in [-0.4, -0.2) is 85.0 Å². The first kappa shape index (κ1) is 32.9. The molecule has 1 fully saturated rings. The number of likely N-dealkylation sites (N-methyl/N-ethyl adjacent to an activating group) is 1. The molecule has 1 saturated heterocycles. The maximum absolute atomic E-state index is 13.0. The number of aryl methyl sites for hydroxylation is 1. The number of nitrogens with zero attached hydrogens (tertiary/aromatic N) is 3. The smallest absolute Gasteiger partial charge is 0.373 e. The molecule has 0 radical (unpaired) electrons. The van der Waals surface area contributed by atoms with Gasteiger partial charge in [-0.3, -0.25) is 19.5 Å². The lowest BCUT2D eigenvalue weighted by Gasteiger charge is -2.42. The Kier molecular flexibility index (Phi) is 10.3. The van der Waals surface area contributed by atoms with E-state index in [9.17, 15) is 22.8 Å². The molecule has 5 rings (SSSR count). The monoisotopic (exact) mass is 611 g/mol. The van der Waals surface area contributed by atoms with E-state index < -0.39 is 23.4 Å². The summed E-state index contributed by atoms with van der Waals surface area (Å²) < 4.78 is 44.8. The molecule has 1 aromatic rings. The molecule has 8 nitrogen and oxygen atoms in total. The number of dihydropyridines is 1. The van der Waals surface area contributed by atoms with E-state index in [1.54, 1.807) is 6.21 Å². The Bertz CT molecular complexity index is 1450. The van der Waals surface area contributed by atoms with Crippen LogP contribution in [0.4, 0.5) is 13.2 Å². The van der Waals surface area contributed by atoms with Gasteiger partial charge in [-0.2, -0.15) is 13.2 Å². The second-order valence-electron chi connectivity index (χ2n) is 11.0. The highest BCUT2D eigenvalue weighted by atomic mass is 19.4. The summed E-state index contributed by atoms with van der Waals surface area (Å²) in [6.07, 6.45) is 9.36. The highest BCUT2D eigenvalue weighted by Crippen LogP contribution is 2.29. The molecule has 0 saturated carbocycles. The van der Waals surface area contributed by atoms with Crippen molar-refractivity contribution in [3.63, 3.8) is 0 Å². The first-order chi connectivity index (χ1) is 20.9. The second kappa shape index (κ2) is 13.8. The van der Waals surface area contributed by atoms with Crippen LogP contribution in [0.3, 0.4) is 0 Å². The fraction of sp³-hybridized carbons (Fsp3) is 0.424. The van der Waals surface area contributed by atoms with Crippen LogP contribution in [0.25, 0.3) is 0 Å². The fourth-order valence-corrected chi connectivity index (χ4v) is 5.62. The average Bonchev–Trinajstić information content (AvgIpc) is 3.00. The maximum atomic E-state index is 13.0. The van der Waals surface area contributed by atoms with Gasteiger partial charge in [-0.1, -0.05) is 32.1 Å². The molecule has 1 amide bonds. The number of ether oxygens (including phenoxy) is 1. The molecule has 0 bridgehead atoms. The molecule has 4 atom stereocenters. The Morgan fingerprint density at radius 2 is 1.82 bits per heavy atom. The van der Waals surface area contributed by atoms with E-state index in [-0.39, 0.29) is 42.1 Å². The summed E-state index contributed by atoms with van der Waals surface area (Å²) in [7, 11) is 2.00. The third-order valence-corrected chi connectivity index (χ3v) is 7.71. The van der Waals surface area contributed by atoms with Gasteiger partial charge in [0.05, 0.1) is 48.1 Å². The summed E-state index contributed by atoms with van der Waals surface area (Å²) in [4.78, 5) is 33.5. The van der Waals surface area contributed by atoms with Gasteiger partial charge >= 0.3 is 6.18 Å². The molecule has 236 valence electrons. The first-order valence-electron chi connectivity index (χ1n) is 14.9. The van der Waals surface area contributed by atoms with Crippen molar-refractivity contribution in [3.05, 3.63) is 94.0 Å². The minimum atomic E-state index is -5.02. The van der Waals surface area contributed by atoms with E-state index in [1.807, 2.05) is 39.1 Å². The Morgan fingerprint density at radius 1 is 1.11 bits per heavy atom. The lowest BCUT2D eigenvalue weighted by atomic mass is 9.97. The van der Waals surface area contributed by atoms with Crippen LogP contribution < -0.4 is 10.6 Å². The number of amides is 1. The third kappa shape index (κ3) is 7.39. The van der Waals surface area contributed by atoms with Gasteiger partial charge < -0.3 is 20.3 Å². The summed E-state index contributed by atoms with van der Waals surface area (Å²) >= 11 is 0. The third-order valence-electron chi connectivity index (χ3n) is 7.71. The molecule has 0 aromatic heterocycles. The van der Waals surface area contributed by atoms with Gasteiger partial charge in [-0.25, -0.2) is 0 Å². The number of carbonyl (C=O) groups excluding carboxylic acids is 2. The molecule has 4 aliphatic heterocycles. The van der Waals surface area contributed by atoms with Crippen LogP contribution in [0.2, 0.25) is 0 Å². The van der Waals surface area contributed by atoms with Crippen LogP contribution in [0.1, 0.15) is 54.0 Å². The minimum absolute atomic E-state index is 0.0313. The number of carbonyl (C=O) groups is 2. The standard InChI is InChI=1S/C31H34F3N5O3.C2H6/c1-18-8-9-21(12-24(18)29(40)31(32,33)34)30(41)36-15-23-13-27-22(14-35-23)10-11-26(38(27)4)25-6-5-7-28(37-25)39-16-19(2)42-20(3)17-39;1-2/h5-14,19-20,27-28,37H,15-17H2,1-4H3,(H,36,41);1-2H3. The van der Waals surface area contributed by atoms with Gasteiger partial charge in [0, 0.05) is 37.5 Å². The van der Waals surface area contributed by atoms with Crippen molar-refractivity contribution in [1.82, 2.24) is 20.4 Å². The molecule has 4 unspecified atom stereocenters. The van der Waals surface area contributed by atoms with Crippen LogP contribution in [0.15, 0.2) is 82.3 Å². The van der Waals surface area contributed by atoms with Crippen molar-refractivity contribution in [2.75, 3.05) is 26.7 Å². The van der Waals surface area contributed by atoms with E-state index in [4.69, 9.17) is 4.74 Å². The van der Waals surface area contributed by atoms with Gasteiger partial charge in [0.15, 0.2) is 0 Å². The van der Waals surface area contributed by atoms with E-state index in [0.717, 1.165) is 36.1 Å². The zero-order valence-electron chi connectivity index (χ0n) is 25.9. The molecular weight excluding hydrogens is 571 g/mol. The van der Waals surface area contributed by atoms with Gasteiger partial charge in [-0.05, 0) is 68.3 Å². The van der Waals surface area contributed by atoms with Crippen molar-refractivity contribution in [2.24, 2.45) is 4.99 Å². The number of benzene rings is 1. The second-order valence-corrected chi connectivity index (χ2v) is 11.0. The quantitative estimate of drug-likeness (QED) is 0.438. The van der Waals surface area contributed by atoms with E-state index in [1.165, 1.54) is 19.1 Å². The number of aliphatic imine (C=N–C) groups is 1. The van der Waals surface area contributed by atoms with E-state index in [0.29, 0.717) is 5.70 Å². The summed E-state index contributed by atoms with van der Waals surface area (Å²) in [5, 5.41) is 6.37. The molecule has 0 spiro atoms. The largest absolute Gasteiger partial charge is 0.454 e. The van der Waals surface area contributed by atoms with Crippen molar-refractivity contribution >= 4 is 17.9 Å². The predicted octanol–water partition coefficient (Wildman–Crippen LogP) is 5.07. The van der Waals surface area contributed by atoms with E-state index in [2.05, 4.69) is 57.5 Å². The number of alkyl halides is 3. The zero-order chi connectivity index (χ0) is 32.2. The SMILES string of the molecule is CC.Cc1ccc(C(=O)NCC2=CC3C(=CC=C(C4=CC=CC(N5CC(C)OC(C)C5)N4)N3C)C=N2)cc1C(=O)C(F)(F)F. The number of Topliss-reactive ketones (excluding diaryl/α,β-unsaturated/α-hetero) is 1. The average molecular weight is 612 g/mol. The Balaban J connectivity index is 0.00000216. The van der Waals surface area contributed by atoms with Crippen molar-refractivity contribution in [3.8, 4) is 0 Å². The Labute approximate surface area is 256 Å². The van der Waals surface area contributed by atoms with Gasteiger partial charge in [0.2, 0.25) is 0 Å². The summed E-state index contributed by atoms with van der Waals surface area (Å²) in [6.45, 7) is 11.3. The van der Waals surface area contributed by atoms with Crippen molar-refractivity contribution in [2.45, 2.75) is 65.2 Å². The minimum Gasteiger partial charge on any atom is -0.373 e. The Hall–Kier alpha value is -3.96. The predicted molar refractivity (Wildman–Crippen MR) is 165 cm³/mol. The van der Waals surface area contributed by atoms with Gasteiger partial charge in [0.1, 0.15) is 0 Å². The lowest BCUT2D eigenvalue weighted by Crippen LogP contribution is -2.55. The molecule has 1 aromatic carbocycles. The lowest BCUT2D eigenvalue weighted by molar-refractivity contribution is -0.0885. The van der Waals surface area contributed by atoms with Crippen molar-refractivity contribution < 1.29 is 27.5 Å². The topological polar surface area (TPSA) is 86.3 Å². The number of allylic oxidation sites excluding steroid dienone is 4. The number of rotatable bonds is 6. The maximum Gasteiger partial charge on any atom is 0.454 e. The van der Waals surface area contributed by atoms with E-state index >= 15 is 0 Å². The number of nitrogens with one attached hydrogen (secondary N) is 2. The number of hydrogen-bond donors (Lipinski definition) is 2. The fourth-order valence-electron chi connectivity index (χ4n) is 5.62. The van der Waals surface area contributed by atoms with Crippen LogP contribution in [0, 0.1) is 6.92 Å². The highest BCUT2D eigenvalue weighted by Gasteiger charge is 2.40. The summed E-state index contributed by atoms with van der Waals surface area (Å²) in [5.41, 5.74) is 3.17. The normalized spacial score (nSPS) is 24.9. The van der Waals surface area contributed by atoms with Crippen LogP contribution in [-0.2, 0) is 4.74 Å². The molecule has 4 aliphatic rings. The first-order valence-corrected chi connectivity index (χ1v) is 14.9. The highest BCUT2D eigenvalue weighted by molar-refractivity contribution is 6.04. The van der Waals surface area contributed by atoms with Crippen molar-refractivity contribution in [1.29, 1.82) is 0 Å². The number of morpholine rings is 1. The van der Waals surface area contributed by atoms with Gasteiger partial charge in [-0.15, -0.1) is 0 Å². The van der Waals surface area contributed by atoms with Crippen LogP contribution >= 0.6 is 0 Å². The summed E-state index contributed by atoms with van der Waals surface area (Å²) in [6, 6.07) is 3.59. The van der Waals surface area contributed by atoms with Crippen LogP contribution in [0.5, 0.6) is 0 Å². The van der Waals surface area contributed by atoms with Gasteiger partial charge in [0.25, 0.3) is 11.7 Å².